The summed E-state index contributed by atoms with van der Waals surface area (Å²) in [6.07, 6.45) is 1.22. The minimum Gasteiger partial charge on any atom is -0.381 e. The predicted molar refractivity (Wildman–Crippen MR) is 86.9 cm³/mol. The van der Waals surface area contributed by atoms with Crippen LogP contribution in [0.25, 0.3) is 0 Å². The van der Waals surface area contributed by atoms with Crippen molar-refractivity contribution in [2.75, 3.05) is 60.1 Å². The molecule has 0 amide bonds. The molecule has 21 heavy (non-hydrogen) atoms. The molecule has 1 unspecified atom stereocenters. The van der Waals surface area contributed by atoms with Gasteiger partial charge in [0.05, 0.1) is 12.7 Å². The van der Waals surface area contributed by atoms with Gasteiger partial charge in [0.2, 0.25) is 0 Å². The van der Waals surface area contributed by atoms with Gasteiger partial charge in [-0.2, -0.15) is 0 Å². The number of rotatable bonds is 8. The highest BCUT2D eigenvalue weighted by atomic mass is 16.5. The summed E-state index contributed by atoms with van der Waals surface area (Å²) < 4.78 is 11.3. The second kappa shape index (κ2) is 10.8. The molecule has 6 heteroatoms. The largest absolute Gasteiger partial charge is 0.381 e. The van der Waals surface area contributed by atoms with E-state index in [0.717, 1.165) is 58.4 Å². The van der Waals surface area contributed by atoms with Gasteiger partial charge in [-0.1, -0.05) is 13.8 Å². The van der Waals surface area contributed by atoms with Crippen molar-refractivity contribution in [1.29, 1.82) is 0 Å². The van der Waals surface area contributed by atoms with Crippen LogP contribution in [-0.4, -0.2) is 77.1 Å². The molecule has 0 bridgehead atoms. The molecule has 1 rings (SSSR count). The van der Waals surface area contributed by atoms with Crippen molar-refractivity contribution in [3.05, 3.63) is 0 Å². The Balaban J connectivity index is 2.06. The first kappa shape index (κ1) is 18.2. The molecule has 1 heterocycles. The molecule has 0 radical (unpaired) electrons. The minimum atomic E-state index is 0.233. The van der Waals surface area contributed by atoms with Gasteiger partial charge in [-0.3, -0.25) is 4.99 Å². The van der Waals surface area contributed by atoms with E-state index in [1.165, 1.54) is 0 Å². The van der Waals surface area contributed by atoms with Gasteiger partial charge in [0.25, 0.3) is 0 Å². The molecular formula is C15H32N4O2. The molecule has 6 nitrogen and oxygen atoms in total. The summed E-state index contributed by atoms with van der Waals surface area (Å²) >= 11 is 0. The smallest absolute Gasteiger partial charge is 0.191 e. The Bertz CT molecular complexity index is 297. The molecule has 0 aliphatic carbocycles. The van der Waals surface area contributed by atoms with Gasteiger partial charge >= 0.3 is 0 Å². The summed E-state index contributed by atoms with van der Waals surface area (Å²) in [6, 6.07) is 0. The van der Waals surface area contributed by atoms with E-state index in [2.05, 4.69) is 41.4 Å². The zero-order chi connectivity index (χ0) is 15.5. The second-order valence-corrected chi connectivity index (χ2v) is 5.96. The van der Waals surface area contributed by atoms with Crippen LogP contribution in [0.3, 0.4) is 0 Å². The van der Waals surface area contributed by atoms with Gasteiger partial charge in [0, 0.05) is 46.4 Å². The SMILES string of the molecule is CN=C(NCCCOCC(C)C)NCC1CN(C)CCO1. The van der Waals surface area contributed by atoms with E-state index in [9.17, 15) is 0 Å². The Labute approximate surface area is 129 Å². The van der Waals surface area contributed by atoms with Gasteiger partial charge in [0.1, 0.15) is 0 Å². The van der Waals surface area contributed by atoms with Gasteiger partial charge in [-0.15, -0.1) is 0 Å². The molecule has 0 aromatic rings. The monoisotopic (exact) mass is 300 g/mol. The van der Waals surface area contributed by atoms with Crippen molar-refractivity contribution in [3.8, 4) is 0 Å². The third-order valence-corrected chi connectivity index (χ3v) is 3.27. The minimum absolute atomic E-state index is 0.233. The van der Waals surface area contributed by atoms with Gasteiger partial charge in [-0.25, -0.2) is 0 Å². The van der Waals surface area contributed by atoms with E-state index >= 15 is 0 Å². The van der Waals surface area contributed by atoms with Gasteiger partial charge in [0.15, 0.2) is 5.96 Å². The van der Waals surface area contributed by atoms with Crippen LogP contribution in [0.2, 0.25) is 0 Å². The maximum atomic E-state index is 5.72. The third kappa shape index (κ3) is 8.90. The number of ether oxygens (including phenoxy) is 2. The highest BCUT2D eigenvalue weighted by molar-refractivity contribution is 5.79. The molecule has 1 atom stereocenters. The molecule has 0 saturated carbocycles. The number of hydrogen-bond acceptors (Lipinski definition) is 4. The van der Waals surface area contributed by atoms with E-state index in [1.807, 2.05) is 0 Å². The summed E-state index contributed by atoms with van der Waals surface area (Å²) in [5.41, 5.74) is 0. The van der Waals surface area contributed by atoms with Crippen molar-refractivity contribution < 1.29 is 9.47 Å². The fraction of sp³-hybridized carbons (Fsp3) is 0.933. The summed E-state index contributed by atoms with van der Waals surface area (Å²) in [4.78, 5) is 6.51. The normalized spacial score (nSPS) is 20.8. The average molecular weight is 300 g/mol. The average Bonchev–Trinajstić information content (AvgIpc) is 2.45. The first-order valence-electron chi connectivity index (χ1n) is 7.94. The lowest BCUT2D eigenvalue weighted by Crippen LogP contribution is -2.48. The van der Waals surface area contributed by atoms with Crippen LogP contribution < -0.4 is 10.6 Å². The maximum absolute atomic E-state index is 5.72. The zero-order valence-electron chi connectivity index (χ0n) is 14.0. The Morgan fingerprint density at radius 3 is 2.90 bits per heavy atom. The van der Waals surface area contributed by atoms with Crippen LogP contribution in [0.4, 0.5) is 0 Å². The van der Waals surface area contributed by atoms with Crippen molar-refractivity contribution in [3.63, 3.8) is 0 Å². The lowest BCUT2D eigenvalue weighted by Gasteiger charge is -2.30. The molecule has 1 saturated heterocycles. The topological polar surface area (TPSA) is 58.1 Å². The number of morpholine rings is 1. The first-order chi connectivity index (χ1) is 10.1. The third-order valence-electron chi connectivity index (χ3n) is 3.27. The highest BCUT2D eigenvalue weighted by Crippen LogP contribution is 2.01. The van der Waals surface area contributed by atoms with Crippen LogP contribution in [0, 0.1) is 5.92 Å². The predicted octanol–water partition coefficient (Wildman–Crippen LogP) is 0.545. The molecule has 0 aromatic heterocycles. The van der Waals surface area contributed by atoms with Crippen LogP contribution >= 0.6 is 0 Å². The van der Waals surface area contributed by atoms with Crippen LogP contribution in [0.5, 0.6) is 0 Å². The lowest BCUT2D eigenvalue weighted by molar-refractivity contribution is -0.0161. The molecule has 1 aliphatic heterocycles. The van der Waals surface area contributed by atoms with Crippen molar-refractivity contribution in [2.45, 2.75) is 26.4 Å². The number of aliphatic imine (C=N–C) groups is 1. The molecule has 0 aromatic carbocycles. The molecule has 2 N–H and O–H groups in total. The summed E-state index contributed by atoms with van der Waals surface area (Å²) in [7, 11) is 3.91. The van der Waals surface area contributed by atoms with Crippen molar-refractivity contribution in [2.24, 2.45) is 10.9 Å². The van der Waals surface area contributed by atoms with E-state index in [-0.39, 0.29) is 6.10 Å². The molecular weight excluding hydrogens is 268 g/mol. The summed E-state index contributed by atoms with van der Waals surface area (Å²) in [5, 5.41) is 6.61. The number of nitrogens with one attached hydrogen (secondary N) is 2. The maximum Gasteiger partial charge on any atom is 0.191 e. The van der Waals surface area contributed by atoms with E-state index < -0.39 is 0 Å². The number of guanidine groups is 1. The molecule has 1 aliphatic rings. The van der Waals surface area contributed by atoms with Gasteiger partial charge < -0.3 is 25.0 Å². The van der Waals surface area contributed by atoms with Crippen molar-refractivity contribution >= 4 is 5.96 Å². The Hall–Kier alpha value is -0.850. The van der Waals surface area contributed by atoms with Crippen molar-refractivity contribution in [1.82, 2.24) is 15.5 Å². The fourth-order valence-electron chi connectivity index (χ4n) is 2.12. The number of nitrogens with zero attached hydrogens (tertiary/aromatic N) is 2. The van der Waals surface area contributed by atoms with Crippen LogP contribution in [0.1, 0.15) is 20.3 Å². The number of likely N-dealkylation sites (N-methyl/N-ethyl adjacent to an activating group) is 1. The summed E-state index contributed by atoms with van der Waals surface area (Å²) in [6.45, 7) is 10.4. The Morgan fingerprint density at radius 2 is 2.24 bits per heavy atom. The quantitative estimate of drug-likeness (QED) is 0.389. The first-order valence-corrected chi connectivity index (χ1v) is 7.94. The molecule has 124 valence electrons. The standard InChI is InChI=1S/C15H32N4O2/c1-13(2)12-20-8-5-6-17-15(16-3)18-10-14-11-19(4)7-9-21-14/h13-14H,5-12H2,1-4H3,(H2,16,17,18). The van der Waals surface area contributed by atoms with E-state index in [1.54, 1.807) is 7.05 Å². The highest BCUT2D eigenvalue weighted by Gasteiger charge is 2.17. The summed E-state index contributed by atoms with van der Waals surface area (Å²) in [5.74, 6) is 1.43. The zero-order valence-corrected chi connectivity index (χ0v) is 14.0. The van der Waals surface area contributed by atoms with Crippen LogP contribution in [-0.2, 0) is 9.47 Å². The Kier molecular flexibility index (Phi) is 9.37. The number of hydrogen-bond donors (Lipinski definition) is 2. The lowest BCUT2D eigenvalue weighted by atomic mass is 10.2. The van der Waals surface area contributed by atoms with E-state index in [0.29, 0.717) is 5.92 Å². The Morgan fingerprint density at radius 1 is 1.43 bits per heavy atom. The molecule has 1 fully saturated rings. The van der Waals surface area contributed by atoms with Crippen LogP contribution in [0.15, 0.2) is 4.99 Å². The van der Waals surface area contributed by atoms with Gasteiger partial charge in [-0.05, 0) is 19.4 Å². The fourth-order valence-corrected chi connectivity index (χ4v) is 2.12. The second-order valence-electron chi connectivity index (χ2n) is 5.96. The molecule has 0 spiro atoms. The van der Waals surface area contributed by atoms with E-state index in [4.69, 9.17) is 9.47 Å².